The highest BCUT2D eigenvalue weighted by Crippen LogP contribution is 2.33. The standard InChI is InChI=1S/C22H23NO5/c24-20(23-18-9-5-4-8-17(18)14-19(23)22(27)28)13-12-16(21(25)26)11-10-15-6-2-1-3-7-15/h1-9,16,19H,10-14H2,(H,25,26)(H,27,28)/t16-,19?/m1/s1. The minimum atomic E-state index is -1.05. The molecule has 1 unspecified atom stereocenters. The van der Waals surface area contributed by atoms with Crippen molar-refractivity contribution in [3.8, 4) is 0 Å². The molecule has 2 N–H and O–H groups in total. The number of para-hydroxylation sites is 1. The first-order chi connectivity index (χ1) is 13.5. The van der Waals surface area contributed by atoms with Gasteiger partial charge < -0.3 is 10.2 Å². The Kier molecular flexibility index (Phi) is 6.09. The molecule has 0 bridgehead atoms. The molecular weight excluding hydrogens is 358 g/mol. The number of amides is 1. The van der Waals surface area contributed by atoms with E-state index >= 15 is 0 Å². The number of fused-ring (bicyclic) bond motifs is 1. The summed E-state index contributed by atoms with van der Waals surface area (Å²) >= 11 is 0. The molecule has 0 saturated heterocycles. The van der Waals surface area contributed by atoms with Crippen LogP contribution in [-0.2, 0) is 27.2 Å². The molecule has 0 spiro atoms. The lowest BCUT2D eigenvalue weighted by Crippen LogP contribution is -2.43. The number of aliphatic carboxylic acids is 2. The van der Waals surface area contributed by atoms with Crippen LogP contribution in [-0.4, -0.2) is 34.1 Å². The van der Waals surface area contributed by atoms with E-state index in [1.54, 1.807) is 12.1 Å². The van der Waals surface area contributed by atoms with Gasteiger partial charge in [0.1, 0.15) is 6.04 Å². The van der Waals surface area contributed by atoms with E-state index in [2.05, 4.69) is 0 Å². The van der Waals surface area contributed by atoms with Crippen LogP contribution >= 0.6 is 0 Å². The van der Waals surface area contributed by atoms with Gasteiger partial charge in [-0.15, -0.1) is 0 Å². The molecule has 2 aromatic rings. The molecule has 146 valence electrons. The van der Waals surface area contributed by atoms with E-state index in [0.29, 0.717) is 18.5 Å². The summed E-state index contributed by atoms with van der Waals surface area (Å²) < 4.78 is 0. The maximum absolute atomic E-state index is 12.8. The maximum atomic E-state index is 12.8. The zero-order chi connectivity index (χ0) is 20.1. The molecule has 1 heterocycles. The molecule has 0 saturated carbocycles. The molecule has 3 rings (SSSR count). The number of carboxylic acids is 2. The first-order valence-corrected chi connectivity index (χ1v) is 9.37. The number of hydrogen-bond acceptors (Lipinski definition) is 3. The van der Waals surface area contributed by atoms with Crippen molar-refractivity contribution >= 4 is 23.5 Å². The fourth-order valence-electron chi connectivity index (χ4n) is 3.69. The summed E-state index contributed by atoms with van der Waals surface area (Å²) in [7, 11) is 0. The molecule has 6 nitrogen and oxygen atoms in total. The van der Waals surface area contributed by atoms with Gasteiger partial charge in [0.05, 0.1) is 5.92 Å². The molecular formula is C22H23NO5. The van der Waals surface area contributed by atoms with Crippen molar-refractivity contribution in [1.82, 2.24) is 0 Å². The Morgan fingerprint density at radius 3 is 2.32 bits per heavy atom. The van der Waals surface area contributed by atoms with Gasteiger partial charge in [-0.05, 0) is 36.5 Å². The van der Waals surface area contributed by atoms with Crippen molar-refractivity contribution in [2.45, 2.75) is 38.1 Å². The van der Waals surface area contributed by atoms with Crippen LogP contribution in [0.1, 0.15) is 30.4 Å². The fraction of sp³-hybridized carbons (Fsp3) is 0.318. The van der Waals surface area contributed by atoms with Crippen LogP contribution in [0, 0.1) is 5.92 Å². The summed E-state index contributed by atoms with van der Waals surface area (Å²) in [5, 5.41) is 19.0. The molecule has 28 heavy (non-hydrogen) atoms. The van der Waals surface area contributed by atoms with Crippen LogP contribution in [0.4, 0.5) is 5.69 Å². The molecule has 1 aliphatic heterocycles. The Balaban J connectivity index is 1.65. The minimum absolute atomic E-state index is 0.00384. The normalized spacial score (nSPS) is 16.4. The lowest BCUT2D eigenvalue weighted by atomic mass is 9.95. The second-order valence-corrected chi connectivity index (χ2v) is 7.05. The van der Waals surface area contributed by atoms with Crippen molar-refractivity contribution in [2.75, 3.05) is 4.90 Å². The number of hydrogen-bond donors (Lipinski definition) is 2. The Morgan fingerprint density at radius 2 is 1.64 bits per heavy atom. The molecule has 0 aromatic heterocycles. The molecule has 1 aliphatic rings. The van der Waals surface area contributed by atoms with Gasteiger partial charge in [0, 0.05) is 18.5 Å². The van der Waals surface area contributed by atoms with Crippen LogP contribution < -0.4 is 4.90 Å². The number of rotatable bonds is 8. The topological polar surface area (TPSA) is 94.9 Å². The maximum Gasteiger partial charge on any atom is 0.327 e. The van der Waals surface area contributed by atoms with E-state index in [1.165, 1.54) is 4.90 Å². The average molecular weight is 381 g/mol. The molecule has 2 atom stereocenters. The van der Waals surface area contributed by atoms with Crippen molar-refractivity contribution in [3.05, 3.63) is 65.7 Å². The monoisotopic (exact) mass is 381 g/mol. The second-order valence-electron chi connectivity index (χ2n) is 7.05. The number of carbonyl (C=O) groups excluding carboxylic acids is 1. The summed E-state index contributed by atoms with van der Waals surface area (Å²) in [5.41, 5.74) is 2.48. The minimum Gasteiger partial charge on any atom is -0.481 e. The smallest absolute Gasteiger partial charge is 0.327 e. The summed E-state index contributed by atoms with van der Waals surface area (Å²) in [5.74, 6) is -2.97. The van der Waals surface area contributed by atoms with E-state index in [9.17, 15) is 24.6 Å². The quantitative estimate of drug-likeness (QED) is 0.732. The highest BCUT2D eigenvalue weighted by atomic mass is 16.4. The summed E-state index contributed by atoms with van der Waals surface area (Å²) in [6.07, 6.45) is 1.52. The van der Waals surface area contributed by atoms with Gasteiger partial charge in [-0.1, -0.05) is 48.5 Å². The number of aryl methyl sites for hydroxylation is 1. The van der Waals surface area contributed by atoms with Gasteiger partial charge >= 0.3 is 11.9 Å². The number of carbonyl (C=O) groups is 3. The molecule has 0 fully saturated rings. The predicted octanol–water partition coefficient (Wildman–Crippen LogP) is 3.14. The molecule has 1 amide bonds. The Morgan fingerprint density at radius 1 is 0.964 bits per heavy atom. The van der Waals surface area contributed by atoms with Crippen LogP contribution in [0.3, 0.4) is 0 Å². The lowest BCUT2D eigenvalue weighted by molar-refractivity contribution is -0.143. The van der Waals surface area contributed by atoms with Gasteiger partial charge in [0.15, 0.2) is 0 Å². The largest absolute Gasteiger partial charge is 0.481 e. The number of carboxylic acid groups (broad SMARTS) is 2. The van der Waals surface area contributed by atoms with Crippen molar-refractivity contribution in [3.63, 3.8) is 0 Å². The number of benzene rings is 2. The fourth-order valence-corrected chi connectivity index (χ4v) is 3.69. The third-order valence-electron chi connectivity index (χ3n) is 5.21. The van der Waals surface area contributed by atoms with Crippen molar-refractivity contribution < 1.29 is 24.6 Å². The number of anilines is 1. The van der Waals surface area contributed by atoms with E-state index in [4.69, 9.17) is 0 Å². The first-order valence-electron chi connectivity index (χ1n) is 9.37. The van der Waals surface area contributed by atoms with E-state index in [-0.39, 0.29) is 25.2 Å². The SMILES string of the molecule is O=C(O)C1Cc2ccccc2N1C(=O)CC[C@@H](CCc1ccccc1)C(=O)O. The third-order valence-corrected chi connectivity index (χ3v) is 5.21. The van der Waals surface area contributed by atoms with Crippen molar-refractivity contribution in [1.29, 1.82) is 0 Å². The molecule has 2 aromatic carbocycles. The van der Waals surface area contributed by atoms with E-state index < -0.39 is 23.9 Å². The van der Waals surface area contributed by atoms with Gasteiger partial charge in [-0.2, -0.15) is 0 Å². The van der Waals surface area contributed by atoms with E-state index in [1.807, 2.05) is 42.5 Å². The highest BCUT2D eigenvalue weighted by Gasteiger charge is 2.38. The Hall–Kier alpha value is -3.15. The summed E-state index contributed by atoms with van der Waals surface area (Å²) in [6, 6.07) is 15.8. The van der Waals surface area contributed by atoms with Crippen LogP contribution in [0.2, 0.25) is 0 Å². The predicted molar refractivity (Wildman–Crippen MR) is 104 cm³/mol. The van der Waals surface area contributed by atoms with Gasteiger partial charge in [0.2, 0.25) is 5.91 Å². The van der Waals surface area contributed by atoms with Gasteiger partial charge in [-0.3, -0.25) is 14.5 Å². The van der Waals surface area contributed by atoms with Crippen LogP contribution in [0.15, 0.2) is 54.6 Å². The lowest BCUT2D eigenvalue weighted by Gasteiger charge is -2.23. The second kappa shape index (κ2) is 8.69. The first kappa shape index (κ1) is 19.6. The summed E-state index contributed by atoms with van der Waals surface area (Å²) in [4.78, 5) is 37.3. The van der Waals surface area contributed by atoms with Crippen LogP contribution in [0.5, 0.6) is 0 Å². The average Bonchev–Trinajstić information content (AvgIpc) is 3.08. The van der Waals surface area contributed by atoms with Crippen LogP contribution in [0.25, 0.3) is 0 Å². The Bertz CT molecular complexity index is 864. The molecule has 0 radical (unpaired) electrons. The van der Waals surface area contributed by atoms with Crippen molar-refractivity contribution in [2.24, 2.45) is 5.92 Å². The van der Waals surface area contributed by atoms with E-state index in [0.717, 1.165) is 11.1 Å². The molecule has 6 heteroatoms. The molecule has 0 aliphatic carbocycles. The third kappa shape index (κ3) is 4.39. The zero-order valence-electron chi connectivity index (χ0n) is 15.5. The Labute approximate surface area is 163 Å². The highest BCUT2D eigenvalue weighted by molar-refractivity contribution is 6.02. The zero-order valence-corrected chi connectivity index (χ0v) is 15.5. The van der Waals surface area contributed by atoms with Gasteiger partial charge in [-0.25, -0.2) is 4.79 Å². The summed E-state index contributed by atoms with van der Waals surface area (Å²) in [6.45, 7) is 0. The van der Waals surface area contributed by atoms with Gasteiger partial charge in [0.25, 0.3) is 0 Å². The number of nitrogens with zero attached hydrogens (tertiary/aromatic N) is 1.